The number of para-hydroxylation sites is 1. The zero-order valence-electron chi connectivity index (χ0n) is 16.1. The number of methoxy groups -OCH3 is 1. The number of ether oxygens (including phenoxy) is 2. The lowest BCUT2D eigenvalue weighted by Crippen LogP contribution is -3.00. The molecule has 0 saturated heterocycles. The van der Waals surface area contributed by atoms with Gasteiger partial charge in [-0.2, -0.15) is 4.68 Å². The highest BCUT2D eigenvalue weighted by molar-refractivity contribution is 7.99. The number of rotatable bonds is 10. The molecule has 0 spiro atoms. The molecule has 3 rings (SSSR count). The van der Waals surface area contributed by atoms with Crippen LogP contribution in [-0.4, -0.2) is 46.2 Å². The second-order valence-electron chi connectivity index (χ2n) is 5.78. The molecule has 0 aliphatic heterocycles. The minimum Gasteiger partial charge on any atom is -1.00 e. The fourth-order valence-corrected chi connectivity index (χ4v) is 3.73. The number of benzene rings is 2. The molecule has 0 aliphatic rings. The van der Waals surface area contributed by atoms with Gasteiger partial charge in [-0.25, -0.2) is 0 Å². The van der Waals surface area contributed by atoms with Crippen LogP contribution in [0, 0.1) is 0 Å². The van der Waals surface area contributed by atoms with Crippen molar-refractivity contribution in [3.8, 4) is 17.2 Å². The molecule has 0 aliphatic carbocycles. The number of tetrazole rings is 1. The minimum absolute atomic E-state index is 0. The highest BCUT2D eigenvalue weighted by Crippen LogP contribution is 2.36. The lowest BCUT2D eigenvalue weighted by atomic mass is 10.2. The van der Waals surface area contributed by atoms with E-state index in [2.05, 4.69) is 20.8 Å². The third-order valence-corrected chi connectivity index (χ3v) is 5.06. The molecule has 10 heteroatoms. The molecule has 29 heavy (non-hydrogen) atoms. The molecular formula is C19H22Cl2N5O2S-. The Morgan fingerprint density at radius 1 is 1.21 bits per heavy atom. The van der Waals surface area contributed by atoms with E-state index in [4.69, 9.17) is 21.1 Å². The Labute approximate surface area is 185 Å². The number of halogens is 2. The van der Waals surface area contributed by atoms with Gasteiger partial charge >= 0.3 is 0 Å². The Hall–Kier alpha value is -2.00. The molecule has 156 valence electrons. The molecule has 0 fully saturated rings. The van der Waals surface area contributed by atoms with Gasteiger partial charge in [0.25, 0.3) is 0 Å². The second kappa shape index (κ2) is 11.9. The van der Waals surface area contributed by atoms with Gasteiger partial charge in [0.1, 0.15) is 0 Å². The Bertz CT molecular complexity index is 896. The van der Waals surface area contributed by atoms with Crippen molar-refractivity contribution in [1.29, 1.82) is 0 Å². The van der Waals surface area contributed by atoms with Gasteiger partial charge in [0, 0.05) is 18.8 Å². The summed E-state index contributed by atoms with van der Waals surface area (Å²) in [6, 6.07) is 13.7. The molecule has 3 aromatic rings. The third kappa shape index (κ3) is 6.24. The van der Waals surface area contributed by atoms with E-state index in [9.17, 15) is 0 Å². The number of hydrogen-bond donors (Lipinski definition) is 1. The van der Waals surface area contributed by atoms with Crippen LogP contribution in [0.15, 0.2) is 47.6 Å². The average Bonchev–Trinajstić information content (AvgIpc) is 3.17. The van der Waals surface area contributed by atoms with Crippen LogP contribution in [0.3, 0.4) is 0 Å². The summed E-state index contributed by atoms with van der Waals surface area (Å²) in [6.07, 6.45) is 0. The summed E-state index contributed by atoms with van der Waals surface area (Å²) in [6.45, 7) is 3.95. The molecule has 0 unspecified atom stereocenters. The maximum absolute atomic E-state index is 6.29. The van der Waals surface area contributed by atoms with E-state index in [1.807, 2.05) is 49.4 Å². The van der Waals surface area contributed by atoms with Crippen LogP contribution in [0.2, 0.25) is 5.02 Å². The van der Waals surface area contributed by atoms with Gasteiger partial charge in [-0.05, 0) is 47.2 Å². The van der Waals surface area contributed by atoms with E-state index in [-0.39, 0.29) is 12.4 Å². The second-order valence-corrected chi connectivity index (χ2v) is 7.25. The normalized spacial score (nSPS) is 10.4. The van der Waals surface area contributed by atoms with Crippen LogP contribution in [0.4, 0.5) is 0 Å². The fraction of sp³-hybridized carbons (Fsp3) is 0.316. The molecular weight excluding hydrogens is 433 g/mol. The van der Waals surface area contributed by atoms with Crippen molar-refractivity contribution >= 4 is 23.4 Å². The smallest absolute Gasteiger partial charge is 0.214 e. The quantitative estimate of drug-likeness (QED) is 0.355. The first-order valence-electron chi connectivity index (χ1n) is 8.89. The molecule has 1 aromatic heterocycles. The molecule has 2 aromatic carbocycles. The summed E-state index contributed by atoms with van der Waals surface area (Å²) in [5.41, 5.74) is 1.98. The Morgan fingerprint density at radius 2 is 2.00 bits per heavy atom. The van der Waals surface area contributed by atoms with E-state index >= 15 is 0 Å². The van der Waals surface area contributed by atoms with Crippen LogP contribution in [0.25, 0.3) is 5.69 Å². The molecule has 7 nitrogen and oxygen atoms in total. The van der Waals surface area contributed by atoms with Crippen LogP contribution >= 0.6 is 23.4 Å². The average molecular weight is 455 g/mol. The van der Waals surface area contributed by atoms with Crippen molar-refractivity contribution in [2.24, 2.45) is 0 Å². The van der Waals surface area contributed by atoms with Gasteiger partial charge in [0.15, 0.2) is 11.5 Å². The first-order chi connectivity index (χ1) is 13.7. The zero-order chi connectivity index (χ0) is 19.8. The van der Waals surface area contributed by atoms with Gasteiger partial charge < -0.3 is 27.2 Å². The number of hydrogen-bond acceptors (Lipinski definition) is 7. The largest absolute Gasteiger partial charge is 1.00 e. The van der Waals surface area contributed by atoms with E-state index in [0.29, 0.717) is 29.7 Å². The monoisotopic (exact) mass is 454 g/mol. The SMILES string of the molecule is CCOc1cc(CNCCSc2nnnn2-c2ccccc2)cc(Cl)c1OC.[Cl-]. The maximum atomic E-state index is 6.29. The molecule has 0 saturated carbocycles. The third-order valence-electron chi connectivity index (χ3n) is 3.85. The first kappa shape index (κ1) is 23.3. The predicted molar refractivity (Wildman–Crippen MR) is 111 cm³/mol. The van der Waals surface area contributed by atoms with Crippen molar-refractivity contribution in [2.75, 3.05) is 26.0 Å². The van der Waals surface area contributed by atoms with Gasteiger partial charge in [-0.3, -0.25) is 0 Å². The van der Waals surface area contributed by atoms with E-state index < -0.39 is 0 Å². The van der Waals surface area contributed by atoms with Crippen LogP contribution in [0.5, 0.6) is 11.5 Å². The first-order valence-corrected chi connectivity index (χ1v) is 10.3. The highest BCUT2D eigenvalue weighted by Gasteiger charge is 2.12. The molecule has 0 radical (unpaired) electrons. The fourth-order valence-electron chi connectivity index (χ4n) is 2.63. The summed E-state index contributed by atoms with van der Waals surface area (Å²) < 4.78 is 12.7. The highest BCUT2D eigenvalue weighted by atomic mass is 35.5. The summed E-state index contributed by atoms with van der Waals surface area (Å²) in [7, 11) is 1.59. The summed E-state index contributed by atoms with van der Waals surface area (Å²) in [4.78, 5) is 0. The zero-order valence-corrected chi connectivity index (χ0v) is 18.5. The number of thioether (sulfide) groups is 1. The molecule has 0 atom stereocenters. The van der Waals surface area contributed by atoms with E-state index in [0.717, 1.165) is 28.7 Å². The minimum atomic E-state index is 0. The van der Waals surface area contributed by atoms with Crippen molar-refractivity contribution < 1.29 is 21.9 Å². The predicted octanol–water partition coefficient (Wildman–Crippen LogP) is 0.609. The van der Waals surface area contributed by atoms with Crippen LogP contribution in [-0.2, 0) is 6.54 Å². The van der Waals surface area contributed by atoms with Gasteiger partial charge in [-0.1, -0.05) is 41.6 Å². The lowest BCUT2D eigenvalue weighted by molar-refractivity contribution is -0.00000648. The van der Waals surface area contributed by atoms with Crippen LogP contribution in [0.1, 0.15) is 12.5 Å². The summed E-state index contributed by atoms with van der Waals surface area (Å²) in [5, 5.41) is 16.6. The number of nitrogens with zero attached hydrogens (tertiary/aromatic N) is 4. The summed E-state index contributed by atoms with van der Waals surface area (Å²) in [5.74, 6) is 2.05. The van der Waals surface area contributed by atoms with Crippen molar-refractivity contribution in [3.63, 3.8) is 0 Å². The molecule has 1 heterocycles. The Kier molecular flexibility index (Phi) is 9.53. The van der Waals surface area contributed by atoms with Gasteiger partial charge in [0.05, 0.1) is 24.4 Å². The molecule has 0 amide bonds. The topological polar surface area (TPSA) is 74.1 Å². The number of nitrogens with one attached hydrogen (secondary N) is 1. The van der Waals surface area contributed by atoms with E-state index in [1.165, 1.54) is 0 Å². The molecule has 0 bridgehead atoms. The standard InChI is InChI=1S/C19H22ClN5O2S.ClH/c1-3-27-17-12-14(11-16(20)18(17)26-2)13-21-9-10-28-19-22-23-24-25(19)15-7-5-4-6-8-15;/h4-8,11-12,21H,3,9-10,13H2,1-2H3;1H/p-1. The van der Waals surface area contributed by atoms with Gasteiger partial charge in [0.2, 0.25) is 5.16 Å². The lowest BCUT2D eigenvalue weighted by Gasteiger charge is -2.13. The van der Waals surface area contributed by atoms with Gasteiger partial charge in [-0.15, -0.1) is 5.10 Å². The Morgan fingerprint density at radius 3 is 2.72 bits per heavy atom. The van der Waals surface area contributed by atoms with Crippen molar-refractivity contribution in [2.45, 2.75) is 18.6 Å². The summed E-state index contributed by atoms with van der Waals surface area (Å²) >= 11 is 7.89. The number of aromatic nitrogens is 4. The van der Waals surface area contributed by atoms with E-state index in [1.54, 1.807) is 23.6 Å². The maximum Gasteiger partial charge on any atom is 0.214 e. The van der Waals surface area contributed by atoms with Crippen molar-refractivity contribution in [1.82, 2.24) is 25.5 Å². The molecule has 1 N–H and O–H groups in total. The van der Waals surface area contributed by atoms with Crippen LogP contribution < -0.4 is 27.2 Å². The Balaban J connectivity index is 0.00000300. The van der Waals surface area contributed by atoms with Crippen molar-refractivity contribution in [3.05, 3.63) is 53.1 Å².